The molecule has 2 saturated carbocycles. The lowest BCUT2D eigenvalue weighted by Crippen LogP contribution is -2.67. The van der Waals surface area contributed by atoms with Crippen molar-refractivity contribution < 1.29 is 23.1 Å². The van der Waals surface area contributed by atoms with E-state index in [2.05, 4.69) is 17.6 Å². The van der Waals surface area contributed by atoms with E-state index in [0.29, 0.717) is 27.7 Å². The Morgan fingerprint density at radius 2 is 1.92 bits per heavy atom. The van der Waals surface area contributed by atoms with E-state index in [0.717, 1.165) is 36.7 Å². The summed E-state index contributed by atoms with van der Waals surface area (Å²) in [5, 5.41) is 25.7. The Morgan fingerprint density at radius 3 is 2.67 bits per heavy atom. The van der Waals surface area contributed by atoms with Gasteiger partial charge in [-0.15, -0.1) is 0 Å². The minimum absolute atomic E-state index is 0.0239. The molecular formula is C29H30F3IN4O2. The van der Waals surface area contributed by atoms with Crippen LogP contribution < -0.4 is 10.6 Å². The van der Waals surface area contributed by atoms with Crippen molar-refractivity contribution in [2.45, 2.75) is 38.2 Å². The predicted molar refractivity (Wildman–Crippen MR) is 150 cm³/mol. The molecule has 0 radical (unpaired) electrons. The van der Waals surface area contributed by atoms with Gasteiger partial charge in [0.05, 0.1) is 30.0 Å². The molecule has 2 aromatic carbocycles. The zero-order valence-corrected chi connectivity index (χ0v) is 23.6. The van der Waals surface area contributed by atoms with E-state index >= 15 is 0 Å². The number of allylic oxidation sites excluding steroid dienone is 2. The number of aliphatic hydroxyl groups is 1. The quantitative estimate of drug-likeness (QED) is 0.308. The number of carbonyl (C=O) groups is 1. The third-order valence-electron chi connectivity index (χ3n) is 8.86. The van der Waals surface area contributed by atoms with Crippen LogP contribution in [-0.2, 0) is 0 Å². The first kappa shape index (κ1) is 26.6. The van der Waals surface area contributed by atoms with Crippen LogP contribution in [0.1, 0.15) is 43.0 Å². The summed E-state index contributed by atoms with van der Waals surface area (Å²) in [6.07, 6.45) is 3.94. The maximum Gasteiger partial charge on any atom is 0.256 e. The molecule has 1 amide bonds. The molecule has 1 heterocycles. The van der Waals surface area contributed by atoms with Crippen molar-refractivity contribution in [1.82, 2.24) is 10.2 Å². The van der Waals surface area contributed by atoms with Gasteiger partial charge >= 0.3 is 0 Å². The van der Waals surface area contributed by atoms with Gasteiger partial charge in [0.15, 0.2) is 11.6 Å². The summed E-state index contributed by atoms with van der Waals surface area (Å²) < 4.78 is 43.9. The van der Waals surface area contributed by atoms with Crippen LogP contribution in [0.4, 0.5) is 24.5 Å². The monoisotopic (exact) mass is 650 g/mol. The maximum absolute atomic E-state index is 14.8. The first-order valence-electron chi connectivity index (χ1n) is 13.3. The van der Waals surface area contributed by atoms with Crippen molar-refractivity contribution in [1.29, 1.82) is 5.41 Å². The van der Waals surface area contributed by atoms with Crippen molar-refractivity contribution in [3.63, 3.8) is 0 Å². The molecule has 1 saturated heterocycles. The SMILES string of the molecule is C[C@H]1CC(=N)C2CC3/C(=C\1NCC1(O)CN(C(=O)c4ccc(F)c(F)c4Nc4ccc(I)cc4F)C1)C[C@H]3C2. The van der Waals surface area contributed by atoms with Crippen LogP contribution in [0.15, 0.2) is 41.6 Å². The average Bonchev–Trinajstić information content (AvgIpc) is 3.22. The summed E-state index contributed by atoms with van der Waals surface area (Å²) in [5.41, 5.74) is 1.55. The molecule has 0 aromatic heterocycles. The molecular weight excluding hydrogens is 620 g/mol. The zero-order valence-electron chi connectivity index (χ0n) is 21.5. The first-order valence-corrected chi connectivity index (χ1v) is 14.4. The first-order chi connectivity index (χ1) is 18.5. The topological polar surface area (TPSA) is 88.5 Å². The number of nitrogens with zero attached hydrogens (tertiary/aromatic N) is 1. The maximum atomic E-state index is 14.8. The molecule has 4 N–H and O–H groups in total. The normalized spacial score (nSPS) is 28.8. The summed E-state index contributed by atoms with van der Waals surface area (Å²) >= 11 is 1.94. The number of carbonyl (C=O) groups excluding carboxylic acids is 1. The lowest BCUT2D eigenvalue weighted by Gasteiger charge is -2.47. The molecule has 3 aliphatic carbocycles. The Labute approximate surface area is 238 Å². The molecule has 39 heavy (non-hydrogen) atoms. The highest BCUT2D eigenvalue weighted by Gasteiger charge is 2.49. The summed E-state index contributed by atoms with van der Waals surface area (Å²) in [6.45, 7) is 2.42. The van der Waals surface area contributed by atoms with Gasteiger partial charge in [0, 0.05) is 27.4 Å². The molecule has 1 aliphatic heterocycles. The van der Waals surface area contributed by atoms with E-state index < -0.39 is 34.6 Å². The van der Waals surface area contributed by atoms with E-state index in [9.17, 15) is 23.1 Å². The second-order valence-electron chi connectivity index (χ2n) is 11.6. The molecule has 206 valence electrons. The van der Waals surface area contributed by atoms with Crippen LogP contribution in [0.3, 0.4) is 0 Å². The van der Waals surface area contributed by atoms with E-state index in [-0.39, 0.29) is 36.8 Å². The molecule has 0 spiro atoms. The Morgan fingerprint density at radius 1 is 1.15 bits per heavy atom. The number of fused-ring (bicyclic) bond motifs is 1. The van der Waals surface area contributed by atoms with E-state index in [1.165, 1.54) is 28.7 Å². The minimum atomic E-state index is -1.28. The lowest BCUT2D eigenvalue weighted by molar-refractivity contribution is -0.0776. The standard InChI is InChI=1S/C29H30F3IN4O2/c1-14-6-23(34)16-7-15-8-20(19(15)9-16)26(14)35-11-29(39)12-37(13-29)28(38)18-3-4-21(30)25(32)27(18)36-24-5-2-17(33)10-22(24)31/h2-5,10,14-16,19,34-36,39H,6-9,11-13H2,1H3/b26-20+,34-23?/t14-,15+,16?,19?/m0/s1. The van der Waals surface area contributed by atoms with Gasteiger partial charge in [0.25, 0.3) is 5.91 Å². The number of anilines is 2. The second kappa shape index (κ2) is 9.79. The summed E-state index contributed by atoms with van der Waals surface area (Å²) in [4.78, 5) is 14.7. The Hall–Kier alpha value is -2.60. The highest BCUT2D eigenvalue weighted by atomic mass is 127. The fourth-order valence-electron chi connectivity index (χ4n) is 6.77. The highest BCUT2D eigenvalue weighted by molar-refractivity contribution is 14.1. The van der Waals surface area contributed by atoms with Crippen molar-refractivity contribution in [2.24, 2.45) is 23.7 Å². The van der Waals surface area contributed by atoms with Crippen LogP contribution in [0.25, 0.3) is 0 Å². The van der Waals surface area contributed by atoms with Crippen LogP contribution in [0, 0.1) is 50.1 Å². The Kier molecular flexibility index (Phi) is 6.68. The summed E-state index contributed by atoms with van der Waals surface area (Å²) in [6, 6.07) is 6.29. The van der Waals surface area contributed by atoms with Crippen LogP contribution in [-0.4, -0.2) is 46.9 Å². The van der Waals surface area contributed by atoms with Crippen molar-refractivity contribution >= 4 is 45.6 Å². The number of hydrogen-bond donors (Lipinski definition) is 4. The molecule has 10 heteroatoms. The smallest absolute Gasteiger partial charge is 0.256 e. The fourth-order valence-corrected chi connectivity index (χ4v) is 7.23. The molecule has 2 aromatic rings. The molecule has 2 bridgehead atoms. The fraction of sp³-hybridized carbons (Fsp3) is 0.448. The third kappa shape index (κ3) is 4.73. The van der Waals surface area contributed by atoms with Crippen LogP contribution >= 0.6 is 22.6 Å². The molecule has 4 aliphatic rings. The van der Waals surface area contributed by atoms with Crippen molar-refractivity contribution in [3.05, 3.63) is 68.2 Å². The predicted octanol–water partition coefficient (Wildman–Crippen LogP) is 5.59. The number of halogens is 4. The second-order valence-corrected chi connectivity index (χ2v) is 12.8. The van der Waals surface area contributed by atoms with Gasteiger partial charge in [-0.1, -0.05) is 6.92 Å². The van der Waals surface area contributed by atoms with E-state index in [1.807, 2.05) is 22.6 Å². The van der Waals surface area contributed by atoms with Crippen molar-refractivity contribution in [2.75, 3.05) is 25.0 Å². The number of hydrogen-bond acceptors (Lipinski definition) is 5. The van der Waals surface area contributed by atoms with E-state index in [4.69, 9.17) is 5.41 Å². The number of likely N-dealkylation sites (tertiary alicyclic amines) is 1. The largest absolute Gasteiger partial charge is 0.385 e. The molecule has 6 rings (SSSR count). The summed E-state index contributed by atoms with van der Waals surface area (Å²) in [7, 11) is 0. The van der Waals surface area contributed by atoms with Gasteiger partial charge in [0.1, 0.15) is 11.4 Å². The molecule has 6 nitrogen and oxygen atoms in total. The Bertz CT molecular complexity index is 1410. The van der Waals surface area contributed by atoms with E-state index in [1.54, 1.807) is 6.07 Å². The van der Waals surface area contributed by atoms with Crippen LogP contribution in [0.5, 0.6) is 0 Å². The number of benzene rings is 2. The van der Waals surface area contributed by atoms with Gasteiger partial charge in [-0.2, -0.15) is 0 Å². The third-order valence-corrected chi connectivity index (χ3v) is 9.53. The minimum Gasteiger partial charge on any atom is -0.385 e. The highest BCUT2D eigenvalue weighted by Crippen LogP contribution is 2.56. The summed E-state index contributed by atoms with van der Waals surface area (Å²) in [5.74, 6) is -1.89. The van der Waals surface area contributed by atoms with Gasteiger partial charge < -0.3 is 26.0 Å². The number of nitrogens with one attached hydrogen (secondary N) is 3. The molecule has 4 atom stereocenters. The van der Waals surface area contributed by atoms with Gasteiger partial charge in [0.2, 0.25) is 0 Å². The van der Waals surface area contributed by atoms with Gasteiger partial charge in [-0.3, -0.25) is 4.79 Å². The Balaban J connectivity index is 1.15. The zero-order chi connectivity index (χ0) is 27.6. The molecule has 2 unspecified atom stereocenters. The van der Waals surface area contributed by atoms with Gasteiger partial charge in [-0.25, -0.2) is 13.2 Å². The lowest BCUT2D eigenvalue weighted by atomic mass is 9.68. The number of amides is 1. The number of β-amino-alcohol motifs (C(OH)–C–C–N with tert-alkyl or cyclic N) is 1. The molecule has 3 fully saturated rings. The average molecular weight is 650 g/mol. The van der Waals surface area contributed by atoms with Crippen LogP contribution in [0.2, 0.25) is 0 Å². The number of rotatable bonds is 6. The van der Waals surface area contributed by atoms with Crippen molar-refractivity contribution in [3.8, 4) is 0 Å². The van der Waals surface area contributed by atoms with Gasteiger partial charge in [-0.05, 0) is 102 Å².